The van der Waals surface area contributed by atoms with Gasteiger partial charge < -0.3 is 19.3 Å². The lowest BCUT2D eigenvalue weighted by atomic mass is 10.2. The summed E-state index contributed by atoms with van der Waals surface area (Å²) in [7, 11) is 0. The van der Waals surface area contributed by atoms with Gasteiger partial charge in [-0.2, -0.15) is 0 Å². The van der Waals surface area contributed by atoms with Gasteiger partial charge in [0.1, 0.15) is 0 Å². The van der Waals surface area contributed by atoms with Crippen LogP contribution in [0, 0.1) is 17.8 Å². The van der Waals surface area contributed by atoms with Crippen LogP contribution in [-0.2, 0) is 19.0 Å². The molecule has 0 aliphatic carbocycles. The first kappa shape index (κ1) is 33.6. The van der Waals surface area contributed by atoms with E-state index in [1.54, 1.807) is 0 Å². The van der Waals surface area contributed by atoms with E-state index in [-0.39, 0.29) is 30.7 Å². The number of alkyl halides is 6. The van der Waals surface area contributed by atoms with Gasteiger partial charge in [0.25, 0.3) is 0 Å². The molecule has 0 bridgehead atoms. The minimum Gasteiger partial charge on any atom is -0.465 e. The number of esters is 1. The Balaban J connectivity index is 0. The lowest BCUT2D eigenvalue weighted by Gasteiger charge is -2.24. The summed E-state index contributed by atoms with van der Waals surface area (Å²) in [4.78, 5) is 10.3. The number of carbonyl (C=O) groups is 1. The third-order valence-corrected chi connectivity index (χ3v) is 7.32. The minimum atomic E-state index is -0.291. The van der Waals surface area contributed by atoms with Gasteiger partial charge in [-0.25, -0.2) is 0 Å². The Hall–Kier alpha value is 1.47. The highest BCUT2D eigenvalue weighted by Crippen LogP contribution is 2.16. The molecule has 0 saturated carbocycles. The Kier molecular flexibility index (Phi) is 28.1. The SMILES string of the molecule is BrCC(CBr)COC1CCCCO1.CC(=O)OCC(CCl)CCl.OCC(CCl)CCl. The van der Waals surface area contributed by atoms with E-state index in [0.29, 0.717) is 36.0 Å². The van der Waals surface area contributed by atoms with E-state index in [1.165, 1.54) is 19.8 Å². The maximum atomic E-state index is 10.3. The van der Waals surface area contributed by atoms with Crippen molar-refractivity contribution in [1.82, 2.24) is 0 Å². The molecule has 0 amide bonds. The molecule has 1 aliphatic rings. The van der Waals surface area contributed by atoms with Crippen LogP contribution in [0.15, 0.2) is 0 Å². The fourth-order valence-corrected chi connectivity index (χ4v) is 4.20. The van der Waals surface area contributed by atoms with Crippen LogP contribution >= 0.6 is 78.3 Å². The van der Waals surface area contributed by atoms with E-state index in [0.717, 1.165) is 30.3 Å². The van der Waals surface area contributed by atoms with Crippen LogP contribution in [0.25, 0.3) is 0 Å². The van der Waals surface area contributed by atoms with Gasteiger partial charge in [-0.3, -0.25) is 4.79 Å². The first-order chi connectivity index (χ1) is 14.4. The monoisotopic (exact) mass is 640 g/mol. The number of aliphatic hydroxyl groups excluding tert-OH is 1. The van der Waals surface area contributed by atoms with Crippen molar-refractivity contribution in [1.29, 1.82) is 0 Å². The van der Waals surface area contributed by atoms with Crippen LogP contribution in [0.4, 0.5) is 0 Å². The van der Waals surface area contributed by atoms with Gasteiger partial charge in [0, 0.05) is 72.1 Å². The zero-order valence-electron chi connectivity index (χ0n) is 17.3. The molecule has 11 heteroatoms. The molecule has 1 atom stereocenters. The Labute approximate surface area is 218 Å². The first-order valence-electron chi connectivity index (χ1n) is 9.75. The van der Waals surface area contributed by atoms with E-state index in [2.05, 4.69) is 36.6 Å². The molecule has 0 spiro atoms. The van der Waals surface area contributed by atoms with Crippen LogP contribution in [0.2, 0.25) is 0 Å². The van der Waals surface area contributed by atoms with Gasteiger partial charge in [0.2, 0.25) is 0 Å². The number of ether oxygens (including phenoxy) is 3. The van der Waals surface area contributed by atoms with E-state index in [9.17, 15) is 4.79 Å². The fourth-order valence-electron chi connectivity index (χ4n) is 1.72. The summed E-state index contributed by atoms with van der Waals surface area (Å²) < 4.78 is 15.8. The zero-order valence-corrected chi connectivity index (χ0v) is 23.5. The second kappa shape index (κ2) is 25.1. The van der Waals surface area contributed by atoms with Gasteiger partial charge in [-0.1, -0.05) is 31.9 Å². The Morgan fingerprint density at radius 1 is 1.00 bits per heavy atom. The van der Waals surface area contributed by atoms with E-state index < -0.39 is 0 Å². The minimum absolute atomic E-state index is 0.0503. The second-order valence-electron chi connectivity index (χ2n) is 6.64. The molecule has 5 nitrogen and oxygen atoms in total. The Morgan fingerprint density at radius 3 is 1.90 bits per heavy atom. The molecule has 0 aromatic heterocycles. The number of halogens is 6. The standard InChI is InChI=1S/C9H16Br2O2.C6H10Cl2O2.C4H8Cl2O/c10-5-8(6-11)7-13-9-3-1-2-4-12-9;1-5(9)10-4-6(2-7)3-8;5-1-4(2-6)3-7/h8-9H,1-7H2;6H,2-4H2,1H3;4,7H,1-3H2. The smallest absolute Gasteiger partial charge is 0.302 e. The van der Waals surface area contributed by atoms with Gasteiger partial charge >= 0.3 is 5.97 Å². The number of hydrogen-bond acceptors (Lipinski definition) is 5. The number of hydrogen-bond donors (Lipinski definition) is 1. The number of carbonyl (C=O) groups excluding carboxylic acids is 1. The Morgan fingerprint density at radius 2 is 1.57 bits per heavy atom. The molecule has 182 valence electrons. The maximum absolute atomic E-state index is 10.3. The Bertz CT molecular complexity index is 363. The molecule has 1 rings (SSSR count). The van der Waals surface area contributed by atoms with E-state index in [4.69, 9.17) is 61.0 Å². The summed E-state index contributed by atoms with van der Waals surface area (Å²) >= 11 is 28.5. The summed E-state index contributed by atoms with van der Waals surface area (Å²) in [5.74, 6) is 2.15. The van der Waals surface area contributed by atoms with Crippen molar-refractivity contribution in [2.75, 3.05) is 60.6 Å². The molecule has 1 N–H and O–H groups in total. The highest BCUT2D eigenvalue weighted by molar-refractivity contribution is 9.09. The lowest BCUT2D eigenvalue weighted by Crippen LogP contribution is -2.25. The molecule has 1 fully saturated rings. The third-order valence-electron chi connectivity index (χ3n) is 3.75. The topological polar surface area (TPSA) is 65.0 Å². The fraction of sp³-hybridized carbons (Fsp3) is 0.947. The summed E-state index contributed by atoms with van der Waals surface area (Å²) in [5.41, 5.74) is 0. The lowest BCUT2D eigenvalue weighted by molar-refractivity contribution is -0.166. The number of rotatable bonds is 12. The average Bonchev–Trinajstić information content (AvgIpc) is 2.78. The van der Waals surface area contributed by atoms with Crippen molar-refractivity contribution in [3.05, 3.63) is 0 Å². The van der Waals surface area contributed by atoms with E-state index in [1.807, 2.05) is 0 Å². The summed E-state index contributed by atoms with van der Waals surface area (Å²) in [6.07, 6.45) is 3.52. The molecular weight excluding hydrogens is 610 g/mol. The van der Waals surface area contributed by atoms with E-state index >= 15 is 0 Å². The van der Waals surface area contributed by atoms with Crippen LogP contribution in [0.3, 0.4) is 0 Å². The molecule has 0 aromatic carbocycles. The normalized spacial score (nSPS) is 16.0. The van der Waals surface area contributed by atoms with Crippen LogP contribution in [0.1, 0.15) is 26.2 Å². The van der Waals surface area contributed by atoms with Gasteiger partial charge in [0.05, 0.1) is 13.2 Å². The molecular formula is C19H34Br2Cl4O5. The van der Waals surface area contributed by atoms with Crippen molar-refractivity contribution in [3.8, 4) is 0 Å². The predicted molar refractivity (Wildman–Crippen MR) is 134 cm³/mol. The molecule has 1 unspecified atom stereocenters. The second-order valence-corrected chi connectivity index (χ2v) is 9.17. The highest BCUT2D eigenvalue weighted by Gasteiger charge is 2.15. The van der Waals surface area contributed by atoms with Crippen molar-refractivity contribution < 1.29 is 24.1 Å². The van der Waals surface area contributed by atoms with Crippen molar-refractivity contribution in [2.45, 2.75) is 32.5 Å². The van der Waals surface area contributed by atoms with Gasteiger partial charge in [-0.05, 0) is 19.3 Å². The number of aliphatic hydroxyl groups is 1. The molecule has 1 heterocycles. The first-order valence-corrected chi connectivity index (χ1v) is 14.1. The predicted octanol–water partition coefficient (Wildman–Crippen LogP) is 5.65. The van der Waals surface area contributed by atoms with Gasteiger partial charge in [-0.15, -0.1) is 46.4 Å². The van der Waals surface area contributed by atoms with Crippen LogP contribution in [0.5, 0.6) is 0 Å². The molecule has 0 radical (unpaired) electrons. The summed E-state index contributed by atoms with van der Waals surface area (Å²) in [5, 5.41) is 10.3. The molecule has 1 saturated heterocycles. The highest BCUT2D eigenvalue weighted by atomic mass is 79.9. The van der Waals surface area contributed by atoms with Crippen LogP contribution < -0.4 is 0 Å². The quantitative estimate of drug-likeness (QED) is 0.220. The third kappa shape index (κ3) is 21.3. The zero-order chi connectivity index (χ0) is 23.2. The van der Waals surface area contributed by atoms with Crippen molar-refractivity contribution >= 4 is 84.2 Å². The maximum Gasteiger partial charge on any atom is 0.302 e. The molecule has 1 aliphatic heterocycles. The van der Waals surface area contributed by atoms with Gasteiger partial charge in [0.15, 0.2) is 6.29 Å². The average molecular weight is 644 g/mol. The van der Waals surface area contributed by atoms with Crippen molar-refractivity contribution in [3.63, 3.8) is 0 Å². The summed E-state index contributed by atoms with van der Waals surface area (Å²) in [6, 6.07) is 0. The van der Waals surface area contributed by atoms with Crippen LogP contribution in [-0.4, -0.2) is 78.0 Å². The molecule has 0 aromatic rings. The summed E-state index contributed by atoms with van der Waals surface area (Å²) in [6.45, 7) is 3.41. The largest absolute Gasteiger partial charge is 0.465 e. The van der Waals surface area contributed by atoms with Crippen molar-refractivity contribution in [2.24, 2.45) is 17.8 Å². The molecule has 30 heavy (non-hydrogen) atoms.